The van der Waals surface area contributed by atoms with Gasteiger partial charge in [0.1, 0.15) is 0 Å². The van der Waals surface area contributed by atoms with Gasteiger partial charge in [-0.15, -0.1) is 0 Å². The molecule has 5 nitrogen and oxygen atoms in total. The summed E-state index contributed by atoms with van der Waals surface area (Å²) in [4.78, 5) is 7.49. The zero-order chi connectivity index (χ0) is 16.5. The fourth-order valence-electron chi connectivity index (χ4n) is 2.99. The molecule has 0 bridgehead atoms. The van der Waals surface area contributed by atoms with Crippen molar-refractivity contribution >= 4 is 28.7 Å². The number of hydrogen-bond donors (Lipinski definition) is 4. The van der Waals surface area contributed by atoms with E-state index in [1.165, 1.54) is 0 Å². The largest absolute Gasteiger partial charge is 0.355 e. The van der Waals surface area contributed by atoms with Gasteiger partial charge in [-0.25, -0.2) is 0 Å². The van der Waals surface area contributed by atoms with Gasteiger partial charge in [0.25, 0.3) is 0 Å². The van der Waals surface area contributed by atoms with Crippen molar-refractivity contribution in [2.75, 3.05) is 11.9 Å². The van der Waals surface area contributed by atoms with Crippen molar-refractivity contribution < 1.29 is 0 Å². The van der Waals surface area contributed by atoms with Gasteiger partial charge in [-0.2, -0.15) is 0 Å². The molecule has 120 valence electrons. The smallest absolute Gasteiger partial charge is 0.0740 e. The van der Waals surface area contributed by atoms with Crippen molar-refractivity contribution in [3.8, 4) is 11.3 Å². The van der Waals surface area contributed by atoms with Crippen LogP contribution < -0.4 is 10.6 Å². The number of halogens is 1. The molecule has 3 aromatic rings. The third kappa shape index (κ3) is 2.58. The lowest BCUT2D eigenvalue weighted by molar-refractivity contribution is 0.739. The highest BCUT2D eigenvalue weighted by molar-refractivity contribution is 6.33. The Balaban J connectivity index is 1.90. The average Bonchev–Trinajstić information content (AvgIpc) is 2.96. The molecule has 0 spiro atoms. The summed E-state index contributed by atoms with van der Waals surface area (Å²) >= 11 is 6.35. The van der Waals surface area contributed by atoms with Gasteiger partial charge in [-0.3, -0.25) is 4.98 Å². The van der Waals surface area contributed by atoms with Crippen molar-refractivity contribution in [3.05, 3.63) is 65.1 Å². The number of benzene rings is 1. The lowest BCUT2D eigenvalue weighted by Crippen LogP contribution is -2.29. The topological polar surface area (TPSA) is 76.6 Å². The number of hydrogen-bond acceptors (Lipinski definition) is 4. The summed E-state index contributed by atoms with van der Waals surface area (Å²) in [5.41, 5.74) is 6.07. The number of H-pyrrole nitrogens is 1. The van der Waals surface area contributed by atoms with Gasteiger partial charge in [0, 0.05) is 48.0 Å². The van der Waals surface area contributed by atoms with E-state index in [1.54, 1.807) is 12.4 Å². The Hall–Kier alpha value is -2.63. The second-order valence-corrected chi connectivity index (χ2v) is 6.06. The Bertz CT molecular complexity index is 901. The summed E-state index contributed by atoms with van der Waals surface area (Å²) in [6, 6.07) is 11.8. The fraction of sp³-hybridized carbons (Fsp3) is 0.111. The van der Waals surface area contributed by atoms with Crippen LogP contribution in [0.25, 0.3) is 11.3 Å². The van der Waals surface area contributed by atoms with Crippen molar-refractivity contribution in [2.24, 2.45) is 0 Å². The number of nitrogens with zero attached hydrogens (tertiary/aromatic N) is 1. The second kappa shape index (κ2) is 6.11. The van der Waals surface area contributed by atoms with E-state index >= 15 is 0 Å². The third-order valence-corrected chi connectivity index (χ3v) is 4.37. The van der Waals surface area contributed by atoms with Crippen molar-refractivity contribution in [1.82, 2.24) is 15.3 Å². The van der Waals surface area contributed by atoms with Crippen molar-refractivity contribution in [3.63, 3.8) is 0 Å². The minimum atomic E-state index is 0.553. The third-order valence-electron chi connectivity index (χ3n) is 4.07. The minimum Gasteiger partial charge on any atom is -0.355 e. The first kappa shape index (κ1) is 14.9. The van der Waals surface area contributed by atoms with E-state index < -0.39 is 0 Å². The van der Waals surface area contributed by atoms with Crippen LogP contribution in [0, 0.1) is 5.41 Å². The molecule has 1 aliphatic heterocycles. The summed E-state index contributed by atoms with van der Waals surface area (Å²) in [5, 5.41) is 15.6. The van der Waals surface area contributed by atoms with Gasteiger partial charge in [-0.05, 0) is 18.2 Å². The van der Waals surface area contributed by atoms with E-state index in [4.69, 9.17) is 17.0 Å². The summed E-state index contributed by atoms with van der Waals surface area (Å²) in [6.07, 6.45) is 3.35. The molecule has 6 heteroatoms. The first-order chi connectivity index (χ1) is 11.7. The maximum atomic E-state index is 8.34. The van der Waals surface area contributed by atoms with E-state index in [2.05, 4.69) is 20.6 Å². The quantitative estimate of drug-likeness (QED) is 0.584. The molecule has 1 aromatic carbocycles. The van der Waals surface area contributed by atoms with E-state index in [1.807, 2.05) is 36.4 Å². The van der Waals surface area contributed by atoms with Gasteiger partial charge < -0.3 is 21.0 Å². The van der Waals surface area contributed by atoms with E-state index in [-0.39, 0.29) is 0 Å². The van der Waals surface area contributed by atoms with E-state index in [0.29, 0.717) is 23.8 Å². The Morgan fingerprint density at radius 1 is 1.12 bits per heavy atom. The lowest BCUT2D eigenvalue weighted by atomic mass is 10.0. The molecule has 0 amide bonds. The van der Waals surface area contributed by atoms with Crippen LogP contribution in [0.4, 0.5) is 11.4 Å². The molecule has 3 heterocycles. The molecule has 1 aliphatic rings. The summed E-state index contributed by atoms with van der Waals surface area (Å²) < 4.78 is 0. The van der Waals surface area contributed by atoms with Crippen LogP contribution in [0.5, 0.6) is 0 Å². The predicted octanol–water partition coefficient (Wildman–Crippen LogP) is 3.94. The zero-order valence-corrected chi connectivity index (χ0v) is 13.6. The molecule has 0 fully saturated rings. The molecular formula is C18H16ClN5. The van der Waals surface area contributed by atoms with Crippen molar-refractivity contribution in [2.45, 2.75) is 6.54 Å². The zero-order valence-electron chi connectivity index (χ0n) is 12.9. The molecule has 24 heavy (non-hydrogen) atoms. The maximum Gasteiger partial charge on any atom is 0.0740 e. The number of nitrogens with one attached hydrogen (secondary N) is 4. The normalized spacial score (nSPS) is 13.6. The van der Waals surface area contributed by atoms with Gasteiger partial charge in [-0.1, -0.05) is 29.8 Å². The van der Waals surface area contributed by atoms with Gasteiger partial charge >= 0.3 is 0 Å². The number of anilines is 2. The standard InChI is InChI=1S/C18H16ClN5/c19-13-8-21-7-6-12(13)17-18(23-11-4-2-1-3-5-11)16-14(20)9-22-10-15(16)24-17/h1-8,20,22-24H,9-10H2. The summed E-state index contributed by atoms with van der Waals surface area (Å²) in [7, 11) is 0. The van der Waals surface area contributed by atoms with Crippen LogP contribution in [0.3, 0.4) is 0 Å². The molecule has 0 atom stereocenters. The second-order valence-electron chi connectivity index (χ2n) is 5.66. The molecular weight excluding hydrogens is 322 g/mol. The fourth-order valence-corrected chi connectivity index (χ4v) is 3.20. The Labute approximate surface area is 144 Å². The summed E-state index contributed by atoms with van der Waals surface area (Å²) in [5.74, 6) is 0. The van der Waals surface area contributed by atoms with Crippen LogP contribution in [-0.4, -0.2) is 22.2 Å². The highest BCUT2D eigenvalue weighted by Crippen LogP contribution is 2.39. The number of fused-ring (bicyclic) bond motifs is 1. The molecule has 0 saturated carbocycles. The molecule has 0 radical (unpaired) electrons. The van der Waals surface area contributed by atoms with Gasteiger partial charge in [0.05, 0.1) is 22.1 Å². The number of pyridine rings is 1. The molecule has 4 rings (SSSR count). The summed E-state index contributed by atoms with van der Waals surface area (Å²) in [6.45, 7) is 1.25. The Morgan fingerprint density at radius 2 is 1.96 bits per heavy atom. The Kier molecular flexibility index (Phi) is 3.80. The van der Waals surface area contributed by atoms with Gasteiger partial charge in [0.2, 0.25) is 0 Å². The van der Waals surface area contributed by atoms with Gasteiger partial charge in [0.15, 0.2) is 0 Å². The first-order valence-corrected chi connectivity index (χ1v) is 8.07. The molecule has 4 N–H and O–H groups in total. The maximum absolute atomic E-state index is 8.34. The van der Waals surface area contributed by atoms with E-state index in [0.717, 1.165) is 33.9 Å². The van der Waals surface area contributed by atoms with Crippen molar-refractivity contribution in [1.29, 1.82) is 5.41 Å². The number of aromatic nitrogens is 2. The minimum absolute atomic E-state index is 0.553. The predicted molar refractivity (Wildman–Crippen MR) is 97.3 cm³/mol. The van der Waals surface area contributed by atoms with Crippen LogP contribution in [0.1, 0.15) is 11.3 Å². The molecule has 0 unspecified atom stereocenters. The first-order valence-electron chi connectivity index (χ1n) is 7.69. The number of aromatic amines is 1. The van der Waals surface area contributed by atoms with Crippen LogP contribution >= 0.6 is 11.6 Å². The number of para-hydroxylation sites is 1. The van der Waals surface area contributed by atoms with Crippen LogP contribution in [0.2, 0.25) is 5.02 Å². The molecule has 0 saturated heterocycles. The molecule has 2 aromatic heterocycles. The average molecular weight is 338 g/mol. The van der Waals surface area contributed by atoms with E-state index in [9.17, 15) is 0 Å². The lowest BCUT2D eigenvalue weighted by Gasteiger charge is -2.16. The highest BCUT2D eigenvalue weighted by atomic mass is 35.5. The van der Waals surface area contributed by atoms with Crippen LogP contribution in [0.15, 0.2) is 48.8 Å². The monoisotopic (exact) mass is 337 g/mol. The SMILES string of the molecule is N=C1CNCc2[nH]c(-c3ccncc3Cl)c(Nc3ccccc3)c21. The Morgan fingerprint density at radius 3 is 2.75 bits per heavy atom. The highest BCUT2D eigenvalue weighted by Gasteiger charge is 2.25. The van der Waals surface area contributed by atoms with Crippen LogP contribution in [-0.2, 0) is 6.54 Å². The molecule has 0 aliphatic carbocycles. The number of rotatable bonds is 3.